The quantitative estimate of drug-likeness (QED) is 0.834. The van der Waals surface area contributed by atoms with Crippen LogP contribution in [0.25, 0.3) is 0 Å². The highest BCUT2D eigenvalue weighted by Crippen LogP contribution is 2.18. The van der Waals surface area contributed by atoms with Gasteiger partial charge >= 0.3 is 0 Å². The Hall–Kier alpha value is -2.44. The lowest BCUT2D eigenvalue weighted by Crippen LogP contribution is -2.34. The van der Waals surface area contributed by atoms with Crippen LogP contribution in [0.15, 0.2) is 24.8 Å². The molecular weight excluding hydrogens is 256 g/mol. The predicted octanol–water partition coefficient (Wildman–Crippen LogP) is 0.248. The van der Waals surface area contributed by atoms with Crippen LogP contribution in [0.1, 0.15) is 22.7 Å². The van der Waals surface area contributed by atoms with Crippen molar-refractivity contribution in [3.8, 4) is 0 Å². The van der Waals surface area contributed by atoms with E-state index in [-0.39, 0.29) is 17.4 Å². The number of anilines is 1. The maximum atomic E-state index is 12.0. The lowest BCUT2D eigenvalue weighted by molar-refractivity contribution is 0.0939. The van der Waals surface area contributed by atoms with Gasteiger partial charge < -0.3 is 15.6 Å². The average molecular weight is 272 g/mol. The molecule has 0 radical (unpaired) electrons. The zero-order valence-electron chi connectivity index (χ0n) is 11.0. The molecule has 1 aliphatic rings. The fourth-order valence-electron chi connectivity index (χ4n) is 2.45. The molecule has 3 heterocycles. The molecule has 7 nitrogen and oxygen atoms in total. The molecule has 2 aromatic rings. The molecule has 1 unspecified atom stereocenters. The number of aryl methyl sites for hydroxylation is 1. The molecule has 0 aromatic carbocycles. The first-order valence-electron chi connectivity index (χ1n) is 6.58. The highest BCUT2D eigenvalue weighted by atomic mass is 16.1. The molecular formula is C13H16N6O. The summed E-state index contributed by atoms with van der Waals surface area (Å²) in [6.07, 6.45) is 8.69. The molecule has 104 valence electrons. The summed E-state index contributed by atoms with van der Waals surface area (Å²) in [7, 11) is 0. The van der Waals surface area contributed by atoms with Gasteiger partial charge in [-0.25, -0.2) is 15.0 Å². The minimum Gasteiger partial charge on any atom is -0.382 e. The first-order valence-corrected chi connectivity index (χ1v) is 6.58. The van der Waals surface area contributed by atoms with Gasteiger partial charge in [-0.3, -0.25) is 4.79 Å². The number of nitrogens with one attached hydrogen (secondary N) is 1. The van der Waals surface area contributed by atoms with Crippen molar-refractivity contribution in [3.63, 3.8) is 0 Å². The fourth-order valence-corrected chi connectivity index (χ4v) is 2.45. The third kappa shape index (κ3) is 2.47. The van der Waals surface area contributed by atoms with Gasteiger partial charge in [0.05, 0.1) is 0 Å². The zero-order chi connectivity index (χ0) is 13.9. The molecule has 1 amide bonds. The summed E-state index contributed by atoms with van der Waals surface area (Å²) in [5.41, 5.74) is 5.82. The summed E-state index contributed by atoms with van der Waals surface area (Å²) in [6, 6.07) is 0. The van der Waals surface area contributed by atoms with E-state index in [1.807, 2.05) is 12.4 Å². The summed E-state index contributed by atoms with van der Waals surface area (Å²) in [5.74, 6) is 1.40. The zero-order valence-corrected chi connectivity index (χ0v) is 11.0. The van der Waals surface area contributed by atoms with Gasteiger partial charge in [-0.2, -0.15) is 0 Å². The molecule has 20 heavy (non-hydrogen) atoms. The van der Waals surface area contributed by atoms with Crippen LogP contribution in [0.2, 0.25) is 0 Å². The number of fused-ring (bicyclic) bond motifs is 1. The summed E-state index contributed by atoms with van der Waals surface area (Å²) in [4.78, 5) is 24.1. The molecule has 1 atom stereocenters. The van der Waals surface area contributed by atoms with Crippen LogP contribution in [-0.2, 0) is 13.0 Å². The van der Waals surface area contributed by atoms with E-state index in [4.69, 9.17) is 5.73 Å². The van der Waals surface area contributed by atoms with E-state index >= 15 is 0 Å². The van der Waals surface area contributed by atoms with E-state index < -0.39 is 0 Å². The van der Waals surface area contributed by atoms with Crippen LogP contribution in [0.3, 0.4) is 0 Å². The van der Waals surface area contributed by atoms with E-state index in [2.05, 4.69) is 24.8 Å². The van der Waals surface area contributed by atoms with Gasteiger partial charge in [0.2, 0.25) is 0 Å². The summed E-state index contributed by atoms with van der Waals surface area (Å²) >= 11 is 0. The van der Waals surface area contributed by atoms with Gasteiger partial charge in [-0.15, -0.1) is 0 Å². The molecule has 0 saturated heterocycles. The number of rotatable bonds is 3. The highest BCUT2D eigenvalue weighted by molar-refractivity contribution is 5.96. The van der Waals surface area contributed by atoms with Crippen molar-refractivity contribution in [1.82, 2.24) is 24.8 Å². The van der Waals surface area contributed by atoms with Crippen molar-refractivity contribution in [2.45, 2.75) is 19.4 Å². The number of hydrogen-bond acceptors (Lipinski definition) is 5. The fraction of sp³-hybridized carbons (Fsp3) is 0.385. The van der Waals surface area contributed by atoms with Crippen molar-refractivity contribution in [1.29, 1.82) is 0 Å². The van der Waals surface area contributed by atoms with Crippen LogP contribution >= 0.6 is 0 Å². The Morgan fingerprint density at radius 2 is 2.20 bits per heavy atom. The van der Waals surface area contributed by atoms with Crippen LogP contribution in [0.4, 0.5) is 5.82 Å². The number of carbonyl (C=O) groups is 1. The summed E-state index contributed by atoms with van der Waals surface area (Å²) in [6.45, 7) is 1.48. The largest absolute Gasteiger partial charge is 0.382 e. The Kier molecular flexibility index (Phi) is 3.32. The number of nitrogen functional groups attached to an aromatic ring is 1. The number of aromatic nitrogens is 4. The standard InChI is InChI=1S/C13H16N6O/c14-12-11(16-3-4-17-12)13(20)18-7-9-1-2-10-15-5-6-19(10)8-9/h3-6,9H,1-2,7-8H2,(H2,14,17)(H,18,20). The second kappa shape index (κ2) is 5.28. The van der Waals surface area contributed by atoms with Crippen molar-refractivity contribution in [3.05, 3.63) is 36.3 Å². The second-order valence-corrected chi connectivity index (χ2v) is 4.90. The first kappa shape index (κ1) is 12.6. The van der Waals surface area contributed by atoms with Gasteiger partial charge in [0.1, 0.15) is 5.82 Å². The smallest absolute Gasteiger partial charge is 0.273 e. The maximum absolute atomic E-state index is 12.0. The lowest BCUT2D eigenvalue weighted by atomic mass is 9.99. The van der Waals surface area contributed by atoms with E-state index in [0.717, 1.165) is 25.2 Å². The van der Waals surface area contributed by atoms with Crippen LogP contribution in [0.5, 0.6) is 0 Å². The molecule has 0 saturated carbocycles. The molecule has 0 aliphatic carbocycles. The molecule has 3 rings (SSSR count). The number of carbonyl (C=O) groups excluding carboxylic acids is 1. The molecule has 2 aromatic heterocycles. The van der Waals surface area contributed by atoms with Gasteiger partial charge in [-0.1, -0.05) is 0 Å². The summed E-state index contributed by atoms with van der Waals surface area (Å²) in [5, 5.41) is 2.88. The third-order valence-corrected chi connectivity index (χ3v) is 3.53. The second-order valence-electron chi connectivity index (χ2n) is 4.90. The van der Waals surface area contributed by atoms with Crippen molar-refractivity contribution in [2.75, 3.05) is 12.3 Å². The Balaban J connectivity index is 1.58. The molecule has 1 aliphatic heterocycles. The maximum Gasteiger partial charge on any atom is 0.273 e. The monoisotopic (exact) mass is 272 g/mol. The normalized spacial score (nSPS) is 17.5. The third-order valence-electron chi connectivity index (χ3n) is 3.53. The SMILES string of the molecule is Nc1nccnc1C(=O)NCC1CCc2nccn2C1. The number of imidazole rings is 1. The first-order chi connectivity index (χ1) is 9.74. The van der Waals surface area contributed by atoms with E-state index in [1.54, 1.807) is 0 Å². The minimum absolute atomic E-state index is 0.158. The number of hydrogen-bond donors (Lipinski definition) is 2. The van der Waals surface area contributed by atoms with Gasteiger partial charge in [-0.05, 0) is 12.3 Å². The minimum atomic E-state index is -0.271. The molecule has 0 bridgehead atoms. The van der Waals surface area contributed by atoms with Crippen LogP contribution in [-0.4, -0.2) is 32.0 Å². The topological polar surface area (TPSA) is 98.7 Å². The van der Waals surface area contributed by atoms with E-state index in [0.29, 0.717) is 12.5 Å². The van der Waals surface area contributed by atoms with Gasteiger partial charge in [0, 0.05) is 44.3 Å². The van der Waals surface area contributed by atoms with Gasteiger partial charge in [0.25, 0.3) is 5.91 Å². The molecule has 0 fully saturated rings. The van der Waals surface area contributed by atoms with Crippen LogP contribution < -0.4 is 11.1 Å². The van der Waals surface area contributed by atoms with Gasteiger partial charge in [0.15, 0.2) is 11.5 Å². The van der Waals surface area contributed by atoms with Crippen LogP contribution in [0, 0.1) is 5.92 Å². The Bertz CT molecular complexity index is 623. The Labute approximate surface area is 116 Å². The summed E-state index contributed by atoms with van der Waals surface area (Å²) < 4.78 is 2.14. The number of amides is 1. The van der Waals surface area contributed by atoms with Crippen molar-refractivity contribution < 1.29 is 4.79 Å². The lowest BCUT2D eigenvalue weighted by Gasteiger charge is -2.23. The van der Waals surface area contributed by atoms with Crippen molar-refractivity contribution in [2.24, 2.45) is 5.92 Å². The Morgan fingerprint density at radius 3 is 3.05 bits per heavy atom. The average Bonchev–Trinajstić information content (AvgIpc) is 2.92. The van der Waals surface area contributed by atoms with Crippen molar-refractivity contribution >= 4 is 11.7 Å². The number of nitrogens with zero attached hydrogens (tertiary/aromatic N) is 4. The van der Waals surface area contributed by atoms with E-state index in [9.17, 15) is 4.79 Å². The molecule has 7 heteroatoms. The highest BCUT2D eigenvalue weighted by Gasteiger charge is 2.20. The Morgan fingerprint density at radius 1 is 1.35 bits per heavy atom. The predicted molar refractivity (Wildman–Crippen MR) is 72.8 cm³/mol. The van der Waals surface area contributed by atoms with E-state index in [1.165, 1.54) is 12.4 Å². The molecule has 3 N–H and O–H groups in total. The molecule has 0 spiro atoms. The number of nitrogens with two attached hydrogens (primary N) is 1.